The van der Waals surface area contributed by atoms with Gasteiger partial charge in [-0.1, -0.05) is 176 Å². The molecule has 0 radical (unpaired) electrons. The van der Waals surface area contributed by atoms with Crippen LogP contribution in [-0.4, -0.2) is 19.5 Å². The number of benzene rings is 9. The Morgan fingerprint density at radius 1 is 0.281 bits per heavy atom. The predicted molar refractivity (Wildman–Crippen MR) is 236 cm³/mol. The minimum absolute atomic E-state index is 0.637. The van der Waals surface area contributed by atoms with Gasteiger partial charge in [-0.05, 0) is 68.7 Å². The fraction of sp³-hybridized carbons (Fsp3) is 0. The number of aromatic nitrogens is 4. The minimum atomic E-state index is 0.637. The molecule has 11 rings (SSSR count). The van der Waals surface area contributed by atoms with Crippen LogP contribution in [0.1, 0.15) is 0 Å². The van der Waals surface area contributed by atoms with E-state index in [4.69, 9.17) is 15.0 Å². The Hall–Kier alpha value is -7.69. The SMILES string of the molecule is c1ccc(-c2ccc(-c3ccc4c5ccccc5n(-c5ccc(-c6nc(-c7ccccc7)nc(-c7ccc8ccccc8c7)n6)c6ccccc56)c4c3)cc2)cc1. The van der Waals surface area contributed by atoms with E-state index in [-0.39, 0.29) is 0 Å². The van der Waals surface area contributed by atoms with Gasteiger partial charge in [-0.15, -0.1) is 0 Å². The maximum Gasteiger partial charge on any atom is 0.164 e. The van der Waals surface area contributed by atoms with Crippen molar-refractivity contribution in [2.45, 2.75) is 0 Å². The molecule has 0 unspecified atom stereocenters. The van der Waals surface area contributed by atoms with E-state index in [1.165, 1.54) is 38.4 Å². The van der Waals surface area contributed by atoms with Gasteiger partial charge in [-0.3, -0.25) is 0 Å². The van der Waals surface area contributed by atoms with Crippen molar-refractivity contribution in [3.05, 3.63) is 206 Å². The molecule has 0 saturated heterocycles. The van der Waals surface area contributed by atoms with Gasteiger partial charge in [0.15, 0.2) is 17.5 Å². The van der Waals surface area contributed by atoms with Crippen molar-refractivity contribution in [1.29, 1.82) is 0 Å². The highest BCUT2D eigenvalue weighted by Gasteiger charge is 2.19. The van der Waals surface area contributed by atoms with E-state index in [1.807, 2.05) is 18.2 Å². The number of fused-ring (bicyclic) bond motifs is 5. The summed E-state index contributed by atoms with van der Waals surface area (Å²) in [7, 11) is 0. The van der Waals surface area contributed by atoms with Crippen LogP contribution in [-0.2, 0) is 0 Å². The summed E-state index contributed by atoms with van der Waals surface area (Å²) in [5.74, 6) is 1.92. The van der Waals surface area contributed by atoms with Gasteiger partial charge >= 0.3 is 0 Å². The first kappa shape index (κ1) is 32.7. The highest BCUT2D eigenvalue weighted by molar-refractivity contribution is 6.12. The Morgan fingerprint density at radius 3 is 1.58 bits per heavy atom. The molecule has 0 aliphatic heterocycles. The van der Waals surface area contributed by atoms with Crippen molar-refractivity contribution in [2.75, 3.05) is 0 Å². The molecule has 9 aromatic carbocycles. The molecule has 0 bridgehead atoms. The minimum Gasteiger partial charge on any atom is -0.309 e. The van der Waals surface area contributed by atoms with E-state index in [0.717, 1.165) is 49.6 Å². The lowest BCUT2D eigenvalue weighted by molar-refractivity contribution is 1.08. The van der Waals surface area contributed by atoms with Crippen LogP contribution in [0.3, 0.4) is 0 Å². The maximum atomic E-state index is 5.19. The molecule has 0 fully saturated rings. The molecular weight excluding hydrogens is 693 g/mol. The van der Waals surface area contributed by atoms with Gasteiger partial charge in [0.2, 0.25) is 0 Å². The Bertz CT molecular complexity index is 3280. The summed E-state index contributed by atoms with van der Waals surface area (Å²) in [6, 6.07) is 73.0. The highest BCUT2D eigenvalue weighted by Crippen LogP contribution is 2.39. The summed E-state index contributed by atoms with van der Waals surface area (Å²) in [4.78, 5) is 15.4. The normalized spacial score (nSPS) is 11.5. The van der Waals surface area contributed by atoms with Gasteiger partial charge in [0, 0.05) is 32.8 Å². The summed E-state index contributed by atoms with van der Waals surface area (Å²) < 4.78 is 2.42. The summed E-state index contributed by atoms with van der Waals surface area (Å²) >= 11 is 0. The molecule has 11 aromatic rings. The van der Waals surface area contributed by atoms with E-state index < -0.39 is 0 Å². The van der Waals surface area contributed by atoms with Gasteiger partial charge in [0.1, 0.15) is 0 Å². The third kappa shape index (κ3) is 5.74. The number of hydrogen-bond donors (Lipinski definition) is 0. The van der Waals surface area contributed by atoms with E-state index in [0.29, 0.717) is 17.5 Å². The van der Waals surface area contributed by atoms with E-state index in [2.05, 4.69) is 193 Å². The summed E-state index contributed by atoms with van der Waals surface area (Å²) in [5, 5.41) is 6.95. The van der Waals surface area contributed by atoms with Crippen molar-refractivity contribution in [1.82, 2.24) is 19.5 Å². The molecule has 0 N–H and O–H groups in total. The Labute approximate surface area is 330 Å². The zero-order chi connectivity index (χ0) is 37.7. The highest BCUT2D eigenvalue weighted by atomic mass is 15.0. The lowest BCUT2D eigenvalue weighted by atomic mass is 9.99. The topological polar surface area (TPSA) is 43.6 Å². The number of hydrogen-bond acceptors (Lipinski definition) is 3. The van der Waals surface area contributed by atoms with Gasteiger partial charge in [0.05, 0.1) is 16.7 Å². The van der Waals surface area contributed by atoms with Crippen molar-refractivity contribution in [3.63, 3.8) is 0 Å². The molecule has 4 heteroatoms. The molecule has 0 saturated carbocycles. The Balaban J connectivity index is 1.09. The second kappa shape index (κ2) is 13.6. The molecule has 0 atom stereocenters. The van der Waals surface area contributed by atoms with E-state index >= 15 is 0 Å². The zero-order valence-corrected chi connectivity index (χ0v) is 30.9. The molecule has 266 valence electrons. The van der Waals surface area contributed by atoms with Gasteiger partial charge in [0.25, 0.3) is 0 Å². The van der Waals surface area contributed by atoms with Crippen LogP contribution in [0.2, 0.25) is 0 Å². The first-order valence-electron chi connectivity index (χ1n) is 19.3. The van der Waals surface area contributed by atoms with Gasteiger partial charge in [-0.2, -0.15) is 0 Å². The van der Waals surface area contributed by atoms with Crippen LogP contribution in [0.25, 0.3) is 105 Å². The number of rotatable bonds is 6. The molecular formula is C53H34N4. The molecule has 2 heterocycles. The number of nitrogens with zero attached hydrogens (tertiary/aromatic N) is 4. The lowest BCUT2D eigenvalue weighted by Crippen LogP contribution is -2.02. The van der Waals surface area contributed by atoms with Crippen molar-refractivity contribution >= 4 is 43.4 Å². The Morgan fingerprint density at radius 2 is 0.807 bits per heavy atom. The van der Waals surface area contributed by atoms with E-state index in [9.17, 15) is 0 Å². The molecule has 0 spiro atoms. The fourth-order valence-corrected chi connectivity index (χ4v) is 8.24. The van der Waals surface area contributed by atoms with Crippen LogP contribution in [0.15, 0.2) is 206 Å². The summed E-state index contributed by atoms with van der Waals surface area (Å²) in [6.45, 7) is 0. The standard InChI is InChI=1S/C53H34N4/c1-3-13-35(14-4-1)37-23-25-38(26-24-37)41-29-30-46-45-21-11-12-22-48(45)57(50(46)34-41)49-32-31-47(43-19-9-10-20-44(43)49)53-55-51(39-16-5-2-6-17-39)54-52(56-53)42-28-27-36-15-7-8-18-40(36)33-42/h1-34H. The molecule has 2 aromatic heterocycles. The van der Waals surface area contributed by atoms with Crippen LogP contribution < -0.4 is 0 Å². The van der Waals surface area contributed by atoms with Crippen molar-refractivity contribution in [2.24, 2.45) is 0 Å². The molecule has 57 heavy (non-hydrogen) atoms. The molecule has 0 aliphatic carbocycles. The van der Waals surface area contributed by atoms with Crippen LogP contribution >= 0.6 is 0 Å². The van der Waals surface area contributed by atoms with Gasteiger partial charge in [-0.25, -0.2) is 15.0 Å². The molecule has 4 nitrogen and oxygen atoms in total. The second-order valence-electron chi connectivity index (χ2n) is 14.4. The second-order valence-corrected chi connectivity index (χ2v) is 14.4. The largest absolute Gasteiger partial charge is 0.309 e. The average Bonchev–Trinajstić information content (AvgIpc) is 3.62. The third-order valence-electron chi connectivity index (χ3n) is 11.1. The van der Waals surface area contributed by atoms with Crippen LogP contribution in [0.5, 0.6) is 0 Å². The predicted octanol–water partition coefficient (Wildman–Crippen LogP) is 13.6. The van der Waals surface area contributed by atoms with Crippen molar-refractivity contribution in [3.8, 4) is 62.1 Å². The van der Waals surface area contributed by atoms with Crippen LogP contribution in [0, 0.1) is 0 Å². The first-order chi connectivity index (χ1) is 28.2. The van der Waals surface area contributed by atoms with Gasteiger partial charge < -0.3 is 4.57 Å². The summed E-state index contributed by atoms with van der Waals surface area (Å²) in [5.41, 5.74) is 11.0. The lowest BCUT2D eigenvalue weighted by Gasteiger charge is -2.15. The zero-order valence-electron chi connectivity index (χ0n) is 30.9. The molecule has 0 aliphatic rings. The number of para-hydroxylation sites is 1. The summed E-state index contributed by atoms with van der Waals surface area (Å²) in [6.07, 6.45) is 0. The quantitative estimate of drug-likeness (QED) is 0.171. The Kier molecular flexibility index (Phi) is 7.78. The molecule has 0 amide bonds. The maximum absolute atomic E-state index is 5.19. The van der Waals surface area contributed by atoms with Crippen molar-refractivity contribution < 1.29 is 0 Å². The third-order valence-corrected chi connectivity index (χ3v) is 11.1. The van der Waals surface area contributed by atoms with Crippen LogP contribution in [0.4, 0.5) is 0 Å². The van der Waals surface area contributed by atoms with E-state index in [1.54, 1.807) is 0 Å². The monoisotopic (exact) mass is 726 g/mol. The smallest absolute Gasteiger partial charge is 0.164 e. The first-order valence-corrected chi connectivity index (χ1v) is 19.3. The fourth-order valence-electron chi connectivity index (χ4n) is 8.24. The average molecular weight is 727 g/mol.